The highest BCUT2D eigenvalue weighted by Gasteiger charge is 2.17. The van der Waals surface area contributed by atoms with Gasteiger partial charge < -0.3 is 9.30 Å². The molecular formula is C20H20N4O3S. The Kier molecular flexibility index (Phi) is 6.10. The van der Waals surface area contributed by atoms with Gasteiger partial charge in [-0.1, -0.05) is 47.7 Å². The van der Waals surface area contributed by atoms with Gasteiger partial charge in [-0.2, -0.15) is 0 Å². The van der Waals surface area contributed by atoms with E-state index >= 15 is 0 Å². The van der Waals surface area contributed by atoms with E-state index in [2.05, 4.69) is 15.5 Å². The summed E-state index contributed by atoms with van der Waals surface area (Å²) in [6, 6.07) is 14.7. The van der Waals surface area contributed by atoms with Crippen LogP contribution < -0.4 is 10.1 Å². The maximum absolute atomic E-state index is 12.3. The molecule has 2 amide bonds. The Hall–Kier alpha value is -3.13. The van der Waals surface area contributed by atoms with Gasteiger partial charge in [0, 0.05) is 12.6 Å². The Bertz CT molecular complexity index is 1020. The van der Waals surface area contributed by atoms with Crippen LogP contribution in [0.1, 0.15) is 15.9 Å². The molecule has 0 unspecified atom stereocenters. The van der Waals surface area contributed by atoms with Crippen molar-refractivity contribution >= 4 is 23.6 Å². The van der Waals surface area contributed by atoms with E-state index in [0.717, 1.165) is 17.0 Å². The van der Waals surface area contributed by atoms with Gasteiger partial charge in [-0.3, -0.25) is 14.9 Å². The molecule has 0 saturated heterocycles. The number of hydrogen-bond donors (Lipinski definition) is 1. The molecule has 8 heteroatoms. The summed E-state index contributed by atoms with van der Waals surface area (Å²) in [6.07, 6.45) is 0. The summed E-state index contributed by atoms with van der Waals surface area (Å²) in [7, 11) is 3.32. The molecule has 0 atom stereocenters. The van der Waals surface area contributed by atoms with Gasteiger partial charge in [0.25, 0.3) is 5.91 Å². The van der Waals surface area contributed by atoms with Crippen LogP contribution in [0.3, 0.4) is 0 Å². The van der Waals surface area contributed by atoms with Gasteiger partial charge in [-0.15, -0.1) is 10.2 Å². The van der Waals surface area contributed by atoms with Gasteiger partial charge in [0.05, 0.1) is 18.4 Å². The summed E-state index contributed by atoms with van der Waals surface area (Å²) in [5.74, 6) is 0.261. The second-order valence-corrected chi connectivity index (χ2v) is 7.04. The van der Waals surface area contributed by atoms with Gasteiger partial charge in [0.15, 0.2) is 11.0 Å². The van der Waals surface area contributed by atoms with E-state index in [1.54, 1.807) is 24.3 Å². The Labute approximate surface area is 167 Å². The lowest BCUT2D eigenvalue weighted by Gasteiger charge is -2.08. The highest BCUT2D eigenvalue weighted by Crippen LogP contribution is 2.23. The zero-order valence-electron chi connectivity index (χ0n) is 15.8. The van der Waals surface area contributed by atoms with E-state index in [9.17, 15) is 9.59 Å². The average Bonchev–Trinajstić information content (AvgIpc) is 3.06. The Morgan fingerprint density at radius 1 is 1.14 bits per heavy atom. The normalized spacial score (nSPS) is 10.5. The number of imide groups is 1. The average molecular weight is 396 g/mol. The molecule has 0 aliphatic heterocycles. The number of benzene rings is 2. The first-order valence-corrected chi connectivity index (χ1v) is 9.54. The number of nitrogens with zero attached hydrogens (tertiary/aromatic N) is 3. The summed E-state index contributed by atoms with van der Waals surface area (Å²) in [5.41, 5.74) is 2.39. The summed E-state index contributed by atoms with van der Waals surface area (Å²) in [4.78, 5) is 24.5. The molecule has 0 bridgehead atoms. The monoisotopic (exact) mass is 396 g/mol. The highest BCUT2D eigenvalue weighted by atomic mass is 32.2. The van der Waals surface area contributed by atoms with Crippen LogP contribution in [0.5, 0.6) is 5.75 Å². The molecule has 0 fully saturated rings. The lowest BCUT2D eigenvalue weighted by molar-refractivity contribution is -0.117. The number of amides is 2. The number of hydrogen-bond acceptors (Lipinski definition) is 6. The van der Waals surface area contributed by atoms with Gasteiger partial charge in [0.2, 0.25) is 5.91 Å². The van der Waals surface area contributed by atoms with Crippen molar-refractivity contribution in [3.63, 3.8) is 0 Å². The highest BCUT2D eigenvalue weighted by molar-refractivity contribution is 7.99. The Morgan fingerprint density at radius 3 is 2.68 bits per heavy atom. The number of carbonyl (C=O) groups is 2. The molecule has 0 radical (unpaired) electrons. The van der Waals surface area contributed by atoms with Crippen molar-refractivity contribution in [3.8, 4) is 17.1 Å². The standard InChI is InChI=1S/C20H20N4O3S/c1-13-7-6-8-14(11-13)18-22-23-20(24(18)2)28-12-17(25)21-19(26)15-9-4-5-10-16(15)27-3/h4-11H,12H2,1-3H3,(H,21,25,26). The van der Waals surface area contributed by atoms with Crippen molar-refractivity contribution in [2.24, 2.45) is 7.05 Å². The smallest absolute Gasteiger partial charge is 0.261 e. The molecule has 0 spiro atoms. The summed E-state index contributed by atoms with van der Waals surface area (Å²) in [5, 5.41) is 11.3. The van der Waals surface area contributed by atoms with Crippen molar-refractivity contribution in [3.05, 3.63) is 59.7 Å². The summed E-state index contributed by atoms with van der Waals surface area (Å²) < 4.78 is 6.98. The van der Waals surface area contributed by atoms with Crippen LogP contribution in [-0.4, -0.2) is 39.4 Å². The third-order valence-corrected chi connectivity index (χ3v) is 5.07. The van der Waals surface area contributed by atoms with E-state index in [1.807, 2.05) is 42.8 Å². The minimum absolute atomic E-state index is 0.0423. The number of aromatic nitrogens is 3. The van der Waals surface area contributed by atoms with Crippen LogP contribution in [-0.2, 0) is 11.8 Å². The number of carbonyl (C=O) groups excluding carboxylic acids is 2. The van der Waals surface area contributed by atoms with E-state index in [0.29, 0.717) is 16.5 Å². The predicted octanol–water partition coefficient (Wildman–Crippen LogP) is 2.85. The fourth-order valence-corrected chi connectivity index (χ4v) is 3.38. The number of methoxy groups -OCH3 is 1. The lowest BCUT2D eigenvalue weighted by atomic mass is 10.1. The van der Waals surface area contributed by atoms with E-state index in [4.69, 9.17) is 4.74 Å². The van der Waals surface area contributed by atoms with Crippen molar-refractivity contribution in [2.75, 3.05) is 12.9 Å². The lowest BCUT2D eigenvalue weighted by Crippen LogP contribution is -2.32. The Balaban J connectivity index is 1.63. The van der Waals surface area contributed by atoms with Crippen LogP contribution >= 0.6 is 11.8 Å². The van der Waals surface area contributed by atoms with Crippen LogP contribution in [0.2, 0.25) is 0 Å². The minimum atomic E-state index is -0.499. The third kappa shape index (κ3) is 4.40. The number of thioether (sulfide) groups is 1. The zero-order valence-corrected chi connectivity index (χ0v) is 16.6. The number of rotatable bonds is 6. The van der Waals surface area contributed by atoms with Crippen molar-refractivity contribution < 1.29 is 14.3 Å². The first kappa shape index (κ1) is 19.6. The molecule has 7 nitrogen and oxygen atoms in total. The fraction of sp³-hybridized carbons (Fsp3) is 0.200. The maximum atomic E-state index is 12.3. The zero-order chi connectivity index (χ0) is 20.1. The van der Waals surface area contributed by atoms with Crippen molar-refractivity contribution in [2.45, 2.75) is 12.1 Å². The molecule has 0 aliphatic carbocycles. The first-order chi connectivity index (χ1) is 13.5. The molecule has 1 heterocycles. The number of aryl methyl sites for hydroxylation is 1. The molecule has 1 aromatic heterocycles. The van der Waals surface area contributed by atoms with Gasteiger partial charge >= 0.3 is 0 Å². The minimum Gasteiger partial charge on any atom is -0.496 e. The Morgan fingerprint density at radius 2 is 1.93 bits per heavy atom. The van der Waals surface area contributed by atoms with Crippen molar-refractivity contribution in [1.29, 1.82) is 0 Å². The van der Waals surface area contributed by atoms with Gasteiger partial charge in [-0.05, 0) is 25.1 Å². The molecule has 1 N–H and O–H groups in total. The second-order valence-electron chi connectivity index (χ2n) is 6.10. The quantitative estimate of drug-likeness (QED) is 0.645. The molecule has 2 aromatic carbocycles. The van der Waals surface area contributed by atoms with E-state index < -0.39 is 11.8 Å². The SMILES string of the molecule is COc1ccccc1C(=O)NC(=O)CSc1nnc(-c2cccc(C)c2)n1C. The number of nitrogens with one attached hydrogen (secondary N) is 1. The topological polar surface area (TPSA) is 86.1 Å². The van der Waals surface area contributed by atoms with Gasteiger partial charge in [-0.25, -0.2) is 0 Å². The number of para-hydroxylation sites is 1. The maximum Gasteiger partial charge on any atom is 0.261 e. The molecular weight excluding hydrogens is 376 g/mol. The molecule has 0 aliphatic rings. The third-order valence-electron chi connectivity index (χ3n) is 4.05. The molecule has 144 valence electrons. The van der Waals surface area contributed by atoms with Gasteiger partial charge in [0.1, 0.15) is 5.75 Å². The van der Waals surface area contributed by atoms with E-state index in [1.165, 1.54) is 18.9 Å². The van der Waals surface area contributed by atoms with Crippen LogP contribution in [0.15, 0.2) is 53.7 Å². The van der Waals surface area contributed by atoms with Crippen LogP contribution in [0.25, 0.3) is 11.4 Å². The molecule has 0 saturated carbocycles. The largest absolute Gasteiger partial charge is 0.496 e. The number of ether oxygens (including phenoxy) is 1. The molecule has 3 rings (SSSR count). The van der Waals surface area contributed by atoms with Crippen LogP contribution in [0.4, 0.5) is 0 Å². The summed E-state index contributed by atoms with van der Waals surface area (Å²) in [6.45, 7) is 2.01. The van der Waals surface area contributed by atoms with Crippen molar-refractivity contribution in [1.82, 2.24) is 20.1 Å². The predicted molar refractivity (Wildman–Crippen MR) is 107 cm³/mol. The molecule has 28 heavy (non-hydrogen) atoms. The van der Waals surface area contributed by atoms with E-state index in [-0.39, 0.29) is 5.75 Å². The second kappa shape index (κ2) is 8.71. The first-order valence-electron chi connectivity index (χ1n) is 8.56. The summed E-state index contributed by atoms with van der Waals surface area (Å²) >= 11 is 1.22. The molecule has 3 aromatic rings. The fourth-order valence-electron chi connectivity index (χ4n) is 2.67. The van der Waals surface area contributed by atoms with Crippen LogP contribution in [0, 0.1) is 6.92 Å².